The molecule has 16 heavy (non-hydrogen) atoms. The molecule has 0 aromatic carbocycles. The summed E-state index contributed by atoms with van der Waals surface area (Å²) in [5, 5.41) is 15.4. The molecule has 0 saturated heterocycles. The Morgan fingerprint density at radius 3 is 2.88 bits per heavy atom. The van der Waals surface area contributed by atoms with Gasteiger partial charge in [-0.2, -0.15) is 0 Å². The third-order valence-electron chi connectivity index (χ3n) is 1.95. The zero-order valence-corrected chi connectivity index (χ0v) is 8.25. The molecule has 2 N–H and O–H groups in total. The monoisotopic (exact) mass is 219 g/mol. The van der Waals surface area contributed by atoms with Crippen LogP contribution >= 0.6 is 0 Å². The first-order chi connectivity index (χ1) is 7.75. The van der Waals surface area contributed by atoms with Crippen molar-refractivity contribution in [3.05, 3.63) is 42.0 Å². The highest BCUT2D eigenvalue weighted by Gasteiger charge is 2.03. The molecule has 2 heterocycles. The summed E-state index contributed by atoms with van der Waals surface area (Å²) in [5.41, 5.74) is 1.52. The summed E-state index contributed by atoms with van der Waals surface area (Å²) in [6.45, 7) is 0.505. The number of anilines is 1. The molecule has 0 amide bonds. The van der Waals surface area contributed by atoms with Crippen LogP contribution in [0, 0.1) is 0 Å². The predicted octanol–water partition coefficient (Wildman–Crippen LogP) is 1.38. The van der Waals surface area contributed by atoms with Gasteiger partial charge in [0.2, 0.25) is 0 Å². The standard InChI is InChI=1S/C10H9N3O3/c14-10(15)9-2-1-7(5-12-9)11-6-8-3-4-16-13-8/h1-5,11H,6H2,(H,14,15). The molecule has 0 aliphatic carbocycles. The Balaban J connectivity index is 1.98. The molecule has 6 nitrogen and oxygen atoms in total. The van der Waals surface area contributed by atoms with Crippen LogP contribution in [-0.2, 0) is 6.54 Å². The molecular formula is C10H9N3O3. The van der Waals surface area contributed by atoms with Crippen LogP contribution in [-0.4, -0.2) is 21.2 Å². The molecule has 82 valence electrons. The molecule has 6 heteroatoms. The van der Waals surface area contributed by atoms with Gasteiger partial charge in [-0.3, -0.25) is 0 Å². The lowest BCUT2D eigenvalue weighted by molar-refractivity contribution is 0.0690. The highest BCUT2D eigenvalue weighted by Crippen LogP contribution is 2.07. The van der Waals surface area contributed by atoms with Gasteiger partial charge in [-0.1, -0.05) is 5.16 Å². The number of nitrogens with zero attached hydrogens (tertiary/aromatic N) is 2. The van der Waals surface area contributed by atoms with Crippen LogP contribution in [0.2, 0.25) is 0 Å². The van der Waals surface area contributed by atoms with E-state index < -0.39 is 5.97 Å². The predicted molar refractivity (Wildman–Crippen MR) is 55.0 cm³/mol. The number of pyridine rings is 1. The first kappa shape index (κ1) is 10.2. The van der Waals surface area contributed by atoms with Gasteiger partial charge in [-0.25, -0.2) is 9.78 Å². The van der Waals surface area contributed by atoms with E-state index in [1.54, 1.807) is 12.1 Å². The first-order valence-electron chi connectivity index (χ1n) is 4.58. The highest BCUT2D eigenvalue weighted by molar-refractivity contribution is 5.85. The van der Waals surface area contributed by atoms with Crippen molar-refractivity contribution in [3.63, 3.8) is 0 Å². The summed E-state index contributed by atoms with van der Waals surface area (Å²) >= 11 is 0. The lowest BCUT2D eigenvalue weighted by atomic mass is 10.3. The Morgan fingerprint density at radius 2 is 2.31 bits per heavy atom. The van der Waals surface area contributed by atoms with Crippen molar-refractivity contribution < 1.29 is 14.4 Å². The van der Waals surface area contributed by atoms with Crippen LogP contribution in [0.25, 0.3) is 0 Å². The highest BCUT2D eigenvalue weighted by atomic mass is 16.5. The summed E-state index contributed by atoms with van der Waals surface area (Å²) in [4.78, 5) is 14.3. The quantitative estimate of drug-likeness (QED) is 0.807. The van der Waals surface area contributed by atoms with Crippen molar-refractivity contribution >= 4 is 11.7 Å². The maximum absolute atomic E-state index is 10.6. The minimum atomic E-state index is -1.04. The van der Waals surface area contributed by atoms with Crippen LogP contribution in [0.4, 0.5) is 5.69 Å². The second-order valence-corrected chi connectivity index (χ2v) is 3.08. The SMILES string of the molecule is O=C(O)c1ccc(NCc2ccon2)cn1. The van der Waals surface area contributed by atoms with Crippen LogP contribution in [0.15, 0.2) is 35.2 Å². The third-order valence-corrected chi connectivity index (χ3v) is 1.95. The second kappa shape index (κ2) is 4.43. The Hall–Kier alpha value is -2.37. The molecule has 0 atom stereocenters. The summed E-state index contributed by atoms with van der Waals surface area (Å²) in [6, 6.07) is 4.83. The average Bonchev–Trinajstić information content (AvgIpc) is 2.80. The second-order valence-electron chi connectivity index (χ2n) is 3.08. The van der Waals surface area contributed by atoms with E-state index in [1.807, 2.05) is 0 Å². The number of carbonyl (C=O) groups is 1. The number of hydrogen-bond donors (Lipinski definition) is 2. The number of hydrogen-bond acceptors (Lipinski definition) is 5. The Kier molecular flexibility index (Phi) is 2.81. The van der Waals surface area contributed by atoms with E-state index in [0.717, 1.165) is 11.4 Å². The van der Waals surface area contributed by atoms with Gasteiger partial charge < -0.3 is 14.9 Å². The van der Waals surface area contributed by atoms with Gasteiger partial charge in [-0.05, 0) is 12.1 Å². The Bertz CT molecular complexity index is 465. The summed E-state index contributed by atoms with van der Waals surface area (Å²) in [7, 11) is 0. The number of rotatable bonds is 4. The maximum atomic E-state index is 10.6. The van der Waals surface area contributed by atoms with Crippen molar-refractivity contribution in [2.45, 2.75) is 6.54 Å². The van der Waals surface area contributed by atoms with Crippen molar-refractivity contribution in [1.29, 1.82) is 0 Å². The van der Waals surface area contributed by atoms with E-state index in [4.69, 9.17) is 5.11 Å². The minimum Gasteiger partial charge on any atom is -0.477 e. The lowest BCUT2D eigenvalue weighted by Gasteiger charge is -2.03. The fourth-order valence-corrected chi connectivity index (χ4v) is 1.15. The topological polar surface area (TPSA) is 88.2 Å². The number of nitrogens with one attached hydrogen (secondary N) is 1. The van der Waals surface area contributed by atoms with Gasteiger partial charge in [0.25, 0.3) is 0 Å². The average molecular weight is 219 g/mol. The van der Waals surface area contributed by atoms with Gasteiger partial charge in [0, 0.05) is 6.07 Å². The Morgan fingerprint density at radius 1 is 1.44 bits per heavy atom. The molecule has 2 aromatic rings. The molecule has 0 bridgehead atoms. The van der Waals surface area contributed by atoms with E-state index in [2.05, 4.69) is 20.0 Å². The molecule has 0 aliphatic rings. The van der Waals surface area contributed by atoms with Crippen LogP contribution in [0.3, 0.4) is 0 Å². The summed E-state index contributed by atoms with van der Waals surface area (Å²) in [5.74, 6) is -1.04. The minimum absolute atomic E-state index is 0.0204. The number of carboxylic acids is 1. The van der Waals surface area contributed by atoms with Crippen molar-refractivity contribution in [2.24, 2.45) is 0 Å². The molecule has 0 radical (unpaired) electrons. The summed E-state index contributed by atoms with van der Waals surface area (Å²) < 4.78 is 4.67. The summed E-state index contributed by atoms with van der Waals surface area (Å²) in [6.07, 6.45) is 2.95. The van der Waals surface area contributed by atoms with Crippen LogP contribution < -0.4 is 5.32 Å². The largest absolute Gasteiger partial charge is 0.477 e. The van der Waals surface area contributed by atoms with Gasteiger partial charge in [-0.15, -0.1) is 0 Å². The van der Waals surface area contributed by atoms with Gasteiger partial charge in [0.15, 0.2) is 0 Å². The molecule has 0 aliphatic heterocycles. The molecule has 0 unspecified atom stereocenters. The Labute approximate surface area is 90.9 Å². The van der Waals surface area contributed by atoms with E-state index >= 15 is 0 Å². The maximum Gasteiger partial charge on any atom is 0.354 e. The van der Waals surface area contributed by atoms with Gasteiger partial charge in [0.05, 0.1) is 18.4 Å². The molecule has 2 rings (SSSR count). The number of aromatic carboxylic acids is 1. The molecule has 2 aromatic heterocycles. The van der Waals surface area contributed by atoms with Crippen LogP contribution in [0.1, 0.15) is 16.2 Å². The lowest BCUT2D eigenvalue weighted by Crippen LogP contribution is -2.03. The molecular weight excluding hydrogens is 210 g/mol. The van der Waals surface area contributed by atoms with Crippen molar-refractivity contribution in [1.82, 2.24) is 10.1 Å². The number of aromatic nitrogens is 2. The third kappa shape index (κ3) is 2.35. The smallest absolute Gasteiger partial charge is 0.354 e. The fraction of sp³-hybridized carbons (Fsp3) is 0.100. The van der Waals surface area contributed by atoms with Gasteiger partial charge >= 0.3 is 5.97 Å². The normalized spacial score (nSPS) is 10.0. The molecule has 0 fully saturated rings. The first-order valence-corrected chi connectivity index (χ1v) is 4.58. The van der Waals surface area contributed by atoms with Gasteiger partial charge in [0.1, 0.15) is 17.7 Å². The molecule has 0 spiro atoms. The van der Waals surface area contributed by atoms with E-state index in [9.17, 15) is 4.79 Å². The zero-order valence-electron chi connectivity index (χ0n) is 8.25. The number of carboxylic acid groups (broad SMARTS) is 1. The van der Waals surface area contributed by atoms with E-state index in [0.29, 0.717) is 6.54 Å². The van der Waals surface area contributed by atoms with Crippen molar-refractivity contribution in [2.75, 3.05) is 5.32 Å². The van der Waals surface area contributed by atoms with E-state index in [-0.39, 0.29) is 5.69 Å². The fourth-order valence-electron chi connectivity index (χ4n) is 1.15. The zero-order chi connectivity index (χ0) is 11.4. The van der Waals surface area contributed by atoms with Crippen molar-refractivity contribution in [3.8, 4) is 0 Å². The van der Waals surface area contributed by atoms with Crippen LogP contribution in [0.5, 0.6) is 0 Å². The van der Waals surface area contributed by atoms with E-state index in [1.165, 1.54) is 18.5 Å². The molecule has 0 saturated carbocycles.